The Labute approximate surface area is 141 Å². The lowest BCUT2D eigenvalue weighted by atomic mass is 10.1. The van der Waals surface area contributed by atoms with E-state index >= 15 is 0 Å². The number of amides is 1. The van der Waals surface area contributed by atoms with Crippen molar-refractivity contribution in [2.45, 2.75) is 6.54 Å². The van der Waals surface area contributed by atoms with Crippen LogP contribution in [0.2, 0.25) is 5.02 Å². The Hall–Kier alpha value is -1.43. The molecule has 0 bridgehead atoms. The van der Waals surface area contributed by atoms with Gasteiger partial charge >= 0.3 is 0 Å². The monoisotopic (exact) mass is 382 g/mol. The van der Waals surface area contributed by atoms with E-state index in [4.69, 9.17) is 29.6 Å². The van der Waals surface area contributed by atoms with E-state index in [1.54, 1.807) is 18.2 Å². The molecule has 0 heterocycles. The minimum absolute atomic E-state index is 0.190. The number of carbonyl (C=O) groups excluding carboxylic acids is 1. The molecule has 0 spiro atoms. The summed E-state index contributed by atoms with van der Waals surface area (Å²) >= 11 is 14.2. The highest BCUT2D eigenvalue weighted by molar-refractivity contribution is 9.10. The third-order valence-corrected chi connectivity index (χ3v) is 4.31. The molecule has 0 radical (unpaired) electrons. The molecule has 0 saturated heterocycles. The topological polar surface area (TPSA) is 55.1 Å². The molecule has 2 rings (SSSR count). The standard InChI is InChI=1S/C15H12BrClN2OS/c16-12-5-4-11(7-13(12)17)15(20)19-8-9-2-1-3-10(6-9)14(18)21/h1-7H,8H2,(H2,18,21)(H,19,20). The van der Waals surface area contributed by atoms with Gasteiger partial charge in [0, 0.05) is 22.1 Å². The molecule has 0 aliphatic carbocycles. The van der Waals surface area contributed by atoms with Crippen molar-refractivity contribution >= 4 is 50.6 Å². The fraction of sp³-hybridized carbons (Fsp3) is 0.0667. The van der Waals surface area contributed by atoms with Crippen molar-refractivity contribution in [3.8, 4) is 0 Å². The Kier molecular flexibility index (Phi) is 5.33. The van der Waals surface area contributed by atoms with Gasteiger partial charge in [-0.25, -0.2) is 0 Å². The first-order valence-electron chi connectivity index (χ1n) is 6.09. The molecule has 0 aliphatic rings. The molecule has 0 unspecified atom stereocenters. The summed E-state index contributed by atoms with van der Waals surface area (Å²) in [5.74, 6) is -0.190. The third kappa shape index (κ3) is 4.27. The quantitative estimate of drug-likeness (QED) is 0.792. The Morgan fingerprint density at radius 1 is 1.24 bits per heavy atom. The number of nitrogens with two attached hydrogens (primary N) is 1. The van der Waals surface area contributed by atoms with Gasteiger partial charge in [0.25, 0.3) is 5.91 Å². The molecule has 0 fully saturated rings. The number of hydrogen-bond acceptors (Lipinski definition) is 2. The largest absolute Gasteiger partial charge is 0.389 e. The number of rotatable bonds is 4. The van der Waals surface area contributed by atoms with Crippen LogP contribution in [0.3, 0.4) is 0 Å². The van der Waals surface area contributed by atoms with E-state index in [0.29, 0.717) is 22.1 Å². The summed E-state index contributed by atoms with van der Waals surface area (Å²) in [5.41, 5.74) is 7.80. The second kappa shape index (κ2) is 7.02. The minimum Gasteiger partial charge on any atom is -0.389 e. The zero-order chi connectivity index (χ0) is 15.4. The molecule has 0 aliphatic heterocycles. The predicted molar refractivity (Wildman–Crippen MR) is 92.7 cm³/mol. The first-order chi connectivity index (χ1) is 9.97. The first-order valence-corrected chi connectivity index (χ1v) is 7.67. The van der Waals surface area contributed by atoms with Crippen LogP contribution in [-0.4, -0.2) is 10.9 Å². The lowest BCUT2D eigenvalue weighted by molar-refractivity contribution is 0.0951. The molecule has 108 valence electrons. The fourth-order valence-electron chi connectivity index (χ4n) is 1.76. The van der Waals surface area contributed by atoms with Gasteiger partial charge in [-0.2, -0.15) is 0 Å². The van der Waals surface area contributed by atoms with Gasteiger partial charge in [-0.05, 0) is 45.8 Å². The summed E-state index contributed by atoms with van der Waals surface area (Å²) in [6.07, 6.45) is 0. The summed E-state index contributed by atoms with van der Waals surface area (Å²) in [7, 11) is 0. The average molecular weight is 384 g/mol. The SMILES string of the molecule is NC(=S)c1cccc(CNC(=O)c2ccc(Br)c(Cl)c2)c1. The lowest BCUT2D eigenvalue weighted by Crippen LogP contribution is -2.23. The van der Waals surface area contributed by atoms with Crippen LogP contribution in [0, 0.1) is 0 Å². The normalized spacial score (nSPS) is 10.2. The lowest BCUT2D eigenvalue weighted by Gasteiger charge is -2.07. The molecule has 3 N–H and O–H groups in total. The predicted octanol–water partition coefficient (Wildman–Crippen LogP) is 3.67. The van der Waals surface area contributed by atoms with Crippen molar-refractivity contribution in [2.75, 3.05) is 0 Å². The van der Waals surface area contributed by atoms with E-state index in [0.717, 1.165) is 15.6 Å². The highest BCUT2D eigenvalue weighted by Gasteiger charge is 2.08. The summed E-state index contributed by atoms with van der Waals surface area (Å²) in [6, 6.07) is 12.5. The molecule has 2 aromatic carbocycles. The Bertz CT molecular complexity index is 706. The number of thiocarbonyl (C=S) groups is 1. The van der Waals surface area contributed by atoms with Crippen LogP contribution < -0.4 is 11.1 Å². The van der Waals surface area contributed by atoms with Crippen LogP contribution in [0.1, 0.15) is 21.5 Å². The zero-order valence-electron chi connectivity index (χ0n) is 10.9. The van der Waals surface area contributed by atoms with Crippen LogP contribution in [0.5, 0.6) is 0 Å². The third-order valence-electron chi connectivity index (χ3n) is 2.85. The van der Waals surface area contributed by atoms with Crippen LogP contribution in [-0.2, 0) is 6.54 Å². The highest BCUT2D eigenvalue weighted by atomic mass is 79.9. The highest BCUT2D eigenvalue weighted by Crippen LogP contribution is 2.23. The molecule has 0 saturated carbocycles. The average Bonchev–Trinajstić information content (AvgIpc) is 2.48. The van der Waals surface area contributed by atoms with Crippen molar-refractivity contribution in [3.05, 3.63) is 68.7 Å². The fourth-order valence-corrected chi connectivity index (χ4v) is 2.31. The molecule has 1 amide bonds. The Balaban J connectivity index is 2.05. The summed E-state index contributed by atoms with van der Waals surface area (Å²) in [4.78, 5) is 12.4. The Morgan fingerprint density at radius 3 is 2.67 bits per heavy atom. The van der Waals surface area contributed by atoms with Gasteiger partial charge in [-0.15, -0.1) is 0 Å². The molecule has 0 atom stereocenters. The number of carbonyl (C=O) groups is 1. The maximum atomic E-state index is 12.1. The summed E-state index contributed by atoms with van der Waals surface area (Å²) < 4.78 is 0.755. The summed E-state index contributed by atoms with van der Waals surface area (Å²) in [5, 5.41) is 3.33. The van der Waals surface area contributed by atoms with E-state index in [9.17, 15) is 4.79 Å². The van der Waals surface area contributed by atoms with Crippen LogP contribution >= 0.6 is 39.7 Å². The van der Waals surface area contributed by atoms with Crippen LogP contribution in [0.15, 0.2) is 46.9 Å². The second-order valence-corrected chi connectivity index (χ2v) is 6.08. The molecular formula is C15H12BrClN2OS. The smallest absolute Gasteiger partial charge is 0.251 e. The van der Waals surface area contributed by atoms with E-state index in [2.05, 4.69) is 21.2 Å². The molecular weight excluding hydrogens is 372 g/mol. The van der Waals surface area contributed by atoms with Gasteiger partial charge < -0.3 is 11.1 Å². The van der Waals surface area contributed by atoms with Gasteiger partial charge in [0.2, 0.25) is 0 Å². The van der Waals surface area contributed by atoms with Gasteiger partial charge in [0.15, 0.2) is 0 Å². The maximum absolute atomic E-state index is 12.1. The van der Waals surface area contributed by atoms with E-state index in [1.165, 1.54) is 0 Å². The van der Waals surface area contributed by atoms with E-state index in [1.807, 2.05) is 24.3 Å². The molecule has 2 aromatic rings. The zero-order valence-corrected chi connectivity index (χ0v) is 14.1. The molecule has 6 heteroatoms. The van der Waals surface area contributed by atoms with E-state index < -0.39 is 0 Å². The van der Waals surface area contributed by atoms with Gasteiger partial charge in [0.1, 0.15) is 4.99 Å². The molecule has 3 nitrogen and oxygen atoms in total. The number of nitrogens with one attached hydrogen (secondary N) is 1. The van der Waals surface area contributed by atoms with Crippen molar-refractivity contribution in [1.29, 1.82) is 0 Å². The van der Waals surface area contributed by atoms with E-state index in [-0.39, 0.29) is 5.91 Å². The summed E-state index contributed by atoms with van der Waals surface area (Å²) in [6.45, 7) is 0.392. The maximum Gasteiger partial charge on any atom is 0.251 e. The molecule has 0 aromatic heterocycles. The number of hydrogen-bond donors (Lipinski definition) is 2. The van der Waals surface area contributed by atoms with Gasteiger partial charge in [-0.3, -0.25) is 4.79 Å². The van der Waals surface area contributed by atoms with Crippen LogP contribution in [0.25, 0.3) is 0 Å². The van der Waals surface area contributed by atoms with Crippen molar-refractivity contribution in [1.82, 2.24) is 5.32 Å². The van der Waals surface area contributed by atoms with Gasteiger partial charge in [-0.1, -0.05) is 42.0 Å². The second-order valence-electron chi connectivity index (χ2n) is 4.38. The van der Waals surface area contributed by atoms with Crippen molar-refractivity contribution in [2.24, 2.45) is 5.73 Å². The van der Waals surface area contributed by atoms with Crippen molar-refractivity contribution in [3.63, 3.8) is 0 Å². The number of halogens is 2. The van der Waals surface area contributed by atoms with Crippen molar-refractivity contribution < 1.29 is 4.79 Å². The number of benzene rings is 2. The Morgan fingerprint density at radius 2 is 2.00 bits per heavy atom. The minimum atomic E-state index is -0.190. The first kappa shape index (κ1) is 15.9. The molecule has 21 heavy (non-hydrogen) atoms. The van der Waals surface area contributed by atoms with Gasteiger partial charge in [0.05, 0.1) is 5.02 Å². The van der Waals surface area contributed by atoms with Crippen LogP contribution in [0.4, 0.5) is 0 Å².